The number of rotatable bonds is 13. The first-order valence-electron chi connectivity index (χ1n) is 10.7. The van der Waals surface area contributed by atoms with Crippen LogP contribution in [0.5, 0.6) is 0 Å². The molecule has 1 fully saturated rings. The molecule has 0 aromatic heterocycles. The number of carbonyl (C=O) groups excluding carboxylic acids is 5. The Bertz CT molecular complexity index is 792. The minimum absolute atomic E-state index is 0.0111. The van der Waals surface area contributed by atoms with Gasteiger partial charge in [0.25, 0.3) is 0 Å². The van der Waals surface area contributed by atoms with Crippen molar-refractivity contribution in [2.24, 2.45) is 0 Å². The van der Waals surface area contributed by atoms with Crippen LogP contribution in [0, 0.1) is 0 Å². The van der Waals surface area contributed by atoms with E-state index in [0.29, 0.717) is 0 Å². The predicted octanol–water partition coefficient (Wildman–Crippen LogP) is -0.391. The third-order valence-electron chi connectivity index (χ3n) is 4.48. The van der Waals surface area contributed by atoms with E-state index in [-0.39, 0.29) is 32.0 Å². The molecule has 1 aliphatic rings. The van der Waals surface area contributed by atoms with Crippen LogP contribution in [0.25, 0.3) is 0 Å². The van der Waals surface area contributed by atoms with Crippen molar-refractivity contribution in [1.29, 1.82) is 0 Å². The number of hydrogen-bond acceptors (Lipinski definition) is 13. The van der Waals surface area contributed by atoms with Gasteiger partial charge < -0.3 is 38.3 Å². The number of esters is 4. The van der Waals surface area contributed by atoms with Gasteiger partial charge in [0.15, 0.2) is 30.4 Å². The maximum Gasteiger partial charge on any atom is 0.333 e. The zero-order valence-corrected chi connectivity index (χ0v) is 20.3. The van der Waals surface area contributed by atoms with E-state index < -0.39 is 66.5 Å². The van der Waals surface area contributed by atoms with Crippen molar-refractivity contribution in [1.82, 2.24) is 0 Å². The summed E-state index contributed by atoms with van der Waals surface area (Å²) in [4.78, 5) is 58.4. The molecule has 1 N–H and O–H groups in total. The summed E-state index contributed by atoms with van der Waals surface area (Å²) in [6.45, 7) is 9.17. The summed E-state index contributed by atoms with van der Waals surface area (Å²) in [6.07, 6.45) is -9.06. The first-order valence-corrected chi connectivity index (χ1v) is 10.7. The quantitative estimate of drug-likeness (QED) is 0.149. The van der Waals surface area contributed by atoms with Gasteiger partial charge in [-0.15, -0.1) is 0 Å². The molecule has 0 amide bonds. The van der Waals surface area contributed by atoms with Gasteiger partial charge in [-0.05, 0) is 13.8 Å². The number of ketones is 1. The van der Waals surface area contributed by atoms with Gasteiger partial charge in [-0.1, -0.05) is 6.58 Å². The normalized spacial score (nSPS) is 24.6. The summed E-state index contributed by atoms with van der Waals surface area (Å²) >= 11 is 0. The minimum Gasteiger partial charge on any atom is -0.460 e. The van der Waals surface area contributed by atoms with Crippen LogP contribution in [0.1, 0.15) is 34.6 Å². The molecule has 13 nitrogen and oxygen atoms in total. The third kappa shape index (κ3) is 10.1. The van der Waals surface area contributed by atoms with Crippen molar-refractivity contribution in [2.75, 3.05) is 26.4 Å². The first-order chi connectivity index (χ1) is 16.3. The fraction of sp³-hybridized carbons (Fsp3) is 0.682. The lowest BCUT2D eigenvalue weighted by atomic mass is 9.93. The van der Waals surface area contributed by atoms with Gasteiger partial charge in [-0.25, -0.2) is 4.79 Å². The molecule has 13 heteroatoms. The molecule has 0 radical (unpaired) electrons. The number of hydrogen-bond donors (Lipinski definition) is 1. The predicted molar refractivity (Wildman–Crippen MR) is 115 cm³/mol. The second-order valence-electron chi connectivity index (χ2n) is 7.65. The molecule has 0 saturated carbocycles. The highest BCUT2D eigenvalue weighted by molar-refractivity contribution is 5.86. The van der Waals surface area contributed by atoms with Gasteiger partial charge >= 0.3 is 23.9 Å². The molecule has 35 heavy (non-hydrogen) atoms. The number of aliphatic hydroxyl groups is 1. The Morgan fingerprint density at radius 3 is 1.83 bits per heavy atom. The number of aliphatic hydroxyl groups excluding tert-OH is 1. The van der Waals surface area contributed by atoms with Crippen molar-refractivity contribution in [3.63, 3.8) is 0 Å². The van der Waals surface area contributed by atoms with E-state index in [1.54, 1.807) is 0 Å². The summed E-state index contributed by atoms with van der Waals surface area (Å²) in [5.74, 6) is -3.69. The van der Waals surface area contributed by atoms with Gasteiger partial charge in [0.1, 0.15) is 18.8 Å². The van der Waals surface area contributed by atoms with Crippen molar-refractivity contribution in [2.45, 2.75) is 71.4 Å². The minimum atomic E-state index is -1.78. The molecule has 0 bridgehead atoms. The molecule has 6 atom stereocenters. The summed E-state index contributed by atoms with van der Waals surface area (Å²) in [7, 11) is 0. The van der Waals surface area contributed by atoms with Gasteiger partial charge in [-0.3, -0.25) is 19.2 Å². The van der Waals surface area contributed by atoms with E-state index in [1.807, 2.05) is 0 Å². The topological polar surface area (TPSA) is 170 Å². The van der Waals surface area contributed by atoms with Gasteiger partial charge in [0.05, 0.1) is 19.8 Å². The van der Waals surface area contributed by atoms with Crippen LogP contribution in [0.2, 0.25) is 0 Å². The van der Waals surface area contributed by atoms with Crippen molar-refractivity contribution < 1.29 is 62.2 Å². The number of Topliss-reactive ketones (excluding diaryl/α,β-unsaturated/α-hetero) is 1. The zero-order chi connectivity index (χ0) is 26.7. The van der Waals surface area contributed by atoms with E-state index in [9.17, 15) is 29.1 Å². The maximum atomic E-state index is 11.9. The lowest BCUT2D eigenvalue weighted by molar-refractivity contribution is -0.314. The molecule has 1 unspecified atom stereocenters. The summed E-state index contributed by atoms with van der Waals surface area (Å²) < 4.78 is 37.1. The van der Waals surface area contributed by atoms with E-state index >= 15 is 0 Å². The van der Waals surface area contributed by atoms with Crippen LogP contribution in [0.4, 0.5) is 0 Å². The third-order valence-corrected chi connectivity index (χ3v) is 4.48. The van der Waals surface area contributed by atoms with E-state index in [1.165, 1.54) is 6.92 Å². The Balaban J connectivity index is 2.98. The zero-order valence-electron chi connectivity index (χ0n) is 20.3. The molecule has 0 aliphatic carbocycles. The average molecular weight is 504 g/mol. The Hall–Kier alpha value is -2.87. The lowest BCUT2D eigenvalue weighted by Crippen LogP contribution is -2.65. The van der Waals surface area contributed by atoms with Crippen molar-refractivity contribution in [3.8, 4) is 0 Å². The molecule has 1 rings (SSSR count). The first kappa shape index (κ1) is 30.2. The second-order valence-corrected chi connectivity index (χ2v) is 7.65. The molecular weight excluding hydrogens is 472 g/mol. The molecule has 1 heterocycles. The second kappa shape index (κ2) is 14.5. The Kier molecular flexibility index (Phi) is 12.5. The molecule has 0 aromatic carbocycles. The SMILES string of the molecule is C=C(C)C(=O)OCCOCCO[C@@H]1O[C@H](C(O)C(C)=O)[C@H](OC(C)=O)[C@H](OC(C)=O)[C@H]1OC(C)=O. The largest absolute Gasteiger partial charge is 0.460 e. The van der Waals surface area contributed by atoms with E-state index in [4.69, 9.17) is 33.2 Å². The molecule has 0 aromatic rings. The van der Waals surface area contributed by atoms with Gasteiger partial charge in [-0.2, -0.15) is 0 Å². The Morgan fingerprint density at radius 2 is 1.31 bits per heavy atom. The van der Waals surface area contributed by atoms with Crippen LogP contribution in [-0.4, -0.2) is 98.0 Å². The van der Waals surface area contributed by atoms with Crippen LogP contribution in [0.3, 0.4) is 0 Å². The van der Waals surface area contributed by atoms with E-state index in [2.05, 4.69) is 6.58 Å². The highest BCUT2D eigenvalue weighted by Gasteiger charge is 2.55. The van der Waals surface area contributed by atoms with Crippen molar-refractivity contribution >= 4 is 29.7 Å². The summed E-state index contributed by atoms with van der Waals surface area (Å²) in [5, 5.41) is 10.4. The van der Waals surface area contributed by atoms with Crippen molar-refractivity contribution in [3.05, 3.63) is 12.2 Å². The van der Waals surface area contributed by atoms with E-state index in [0.717, 1.165) is 27.7 Å². The van der Waals surface area contributed by atoms with Crippen LogP contribution < -0.4 is 0 Å². The highest BCUT2D eigenvalue weighted by atomic mass is 16.7. The molecule has 1 aliphatic heterocycles. The fourth-order valence-corrected chi connectivity index (χ4v) is 3.07. The lowest BCUT2D eigenvalue weighted by Gasteiger charge is -2.45. The highest BCUT2D eigenvalue weighted by Crippen LogP contribution is 2.31. The Labute approximate surface area is 202 Å². The number of carbonyl (C=O) groups is 5. The molecular formula is C22H32O13. The average Bonchev–Trinajstić information content (AvgIpc) is 2.74. The Morgan fingerprint density at radius 1 is 0.800 bits per heavy atom. The van der Waals surface area contributed by atoms with Crippen LogP contribution in [0.15, 0.2) is 12.2 Å². The summed E-state index contributed by atoms with van der Waals surface area (Å²) in [5.41, 5.74) is 0.246. The monoisotopic (exact) mass is 504 g/mol. The number of ether oxygens (including phenoxy) is 7. The standard InChI is InChI=1S/C22H32O13/c1-11(2)21(28)30-9-7-29-8-10-31-22-20(34-15(6)26)19(33-14(5)25)18(32-13(4)24)17(35-22)16(27)12(3)23/h16-20,22,27H,1,7-10H2,2-6H3/t16?,17-,18+,19+,20-,22-/m1/s1. The molecule has 198 valence electrons. The summed E-state index contributed by atoms with van der Waals surface area (Å²) in [6, 6.07) is 0. The maximum absolute atomic E-state index is 11.9. The van der Waals surface area contributed by atoms with Gasteiger partial charge in [0, 0.05) is 26.3 Å². The molecule has 1 saturated heterocycles. The van der Waals surface area contributed by atoms with Gasteiger partial charge in [0.2, 0.25) is 0 Å². The van der Waals surface area contributed by atoms with Crippen LogP contribution >= 0.6 is 0 Å². The molecule has 0 spiro atoms. The van der Waals surface area contributed by atoms with Crippen LogP contribution in [-0.2, 0) is 57.1 Å². The fourth-order valence-electron chi connectivity index (χ4n) is 3.07. The smallest absolute Gasteiger partial charge is 0.333 e.